The number of hydrogen-bond acceptors (Lipinski definition) is 3. The van der Waals surface area contributed by atoms with Crippen molar-refractivity contribution in [2.24, 2.45) is 11.7 Å². The van der Waals surface area contributed by atoms with Crippen LogP contribution < -0.4 is 5.73 Å². The monoisotopic (exact) mass is 267 g/mol. The lowest BCUT2D eigenvalue weighted by molar-refractivity contribution is -0.137. The number of nitrogens with zero attached hydrogens (tertiary/aromatic N) is 2. The number of likely N-dealkylation sites (tertiary alicyclic amines) is 2. The van der Waals surface area contributed by atoms with E-state index in [-0.39, 0.29) is 6.04 Å². The maximum atomic E-state index is 12.6. The summed E-state index contributed by atoms with van der Waals surface area (Å²) in [6.07, 6.45) is 5.89. The highest BCUT2D eigenvalue weighted by Crippen LogP contribution is 2.19. The first-order chi connectivity index (χ1) is 9.09. The van der Waals surface area contributed by atoms with Crippen molar-refractivity contribution in [2.45, 2.75) is 58.0 Å². The maximum absolute atomic E-state index is 12.6. The number of carbonyl (C=O) groups excluding carboxylic acids is 1. The highest BCUT2D eigenvalue weighted by Gasteiger charge is 2.31. The minimum absolute atomic E-state index is 0.0213. The Labute approximate surface area is 117 Å². The van der Waals surface area contributed by atoms with Gasteiger partial charge >= 0.3 is 0 Å². The molecule has 2 rings (SSSR count). The molecule has 0 aromatic heterocycles. The van der Waals surface area contributed by atoms with Crippen LogP contribution in [0, 0.1) is 5.92 Å². The fraction of sp³-hybridized carbons (Fsp3) is 0.933. The maximum Gasteiger partial charge on any atom is 0.239 e. The third kappa shape index (κ3) is 3.69. The molecule has 0 aromatic carbocycles. The molecule has 2 aliphatic rings. The molecular formula is C15H29N3O. The predicted molar refractivity (Wildman–Crippen MR) is 77.8 cm³/mol. The number of rotatable bonds is 2. The summed E-state index contributed by atoms with van der Waals surface area (Å²) < 4.78 is 0. The lowest BCUT2D eigenvalue weighted by Gasteiger charge is -2.39. The van der Waals surface area contributed by atoms with E-state index in [0.29, 0.717) is 17.9 Å². The zero-order valence-corrected chi connectivity index (χ0v) is 12.5. The second-order valence-electron chi connectivity index (χ2n) is 6.34. The minimum Gasteiger partial charge on any atom is -0.341 e. The molecule has 0 saturated carbocycles. The van der Waals surface area contributed by atoms with E-state index in [9.17, 15) is 4.79 Å². The first-order valence-electron chi connectivity index (χ1n) is 7.88. The number of piperidine rings is 1. The highest BCUT2D eigenvalue weighted by atomic mass is 16.2. The summed E-state index contributed by atoms with van der Waals surface area (Å²) >= 11 is 0. The van der Waals surface area contributed by atoms with Crippen LogP contribution in [-0.4, -0.2) is 54.0 Å². The normalized spacial score (nSPS) is 31.8. The van der Waals surface area contributed by atoms with Crippen LogP contribution in [0.1, 0.15) is 46.0 Å². The van der Waals surface area contributed by atoms with E-state index in [4.69, 9.17) is 5.73 Å². The quantitative estimate of drug-likeness (QED) is 0.824. The number of carbonyl (C=O) groups is 1. The Hall–Kier alpha value is -0.610. The Balaban J connectivity index is 1.90. The van der Waals surface area contributed by atoms with Gasteiger partial charge in [0, 0.05) is 32.2 Å². The zero-order chi connectivity index (χ0) is 13.8. The second kappa shape index (κ2) is 6.71. The summed E-state index contributed by atoms with van der Waals surface area (Å²) in [5, 5.41) is 0. The van der Waals surface area contributed by atoms with Gasteiger partial charge < -0.3 is 10.6 Å². The second-order valence-corrected chi connectivity index (χ2v) is 6.34. The molecular weight excluding hydrogens is 238 g/mol. The summed E-state index contributed by atoms with van der Waals surface area (Å²) in [5.74, 6) is 0.817. The topological polar surface area (TPSA) is 49.6 Å². The van der Waals surface area contributed by atoms with Crippen molar-refractivity contribution < 1.29 is 4.79 Å². The zero-order valence-electron chi connectivity index (χ0n) is 12.5. The molecule has 2 heterocycles. The Morgan fingerprint density at radius 3 is 2.37 bits per heavy atom. The van der Waals surface area contributed by atoms with Gasteiger partial charge in [-0.15, -0.1) is 0 Å². The molecule has 3 unspecified atom stereocenters. The molecule has 4 nitrogen and oxygen atoms in total. The number of nitrogens with two attached hydrogens (primary N) is 1. The van der Waals surface area contributed by atoms with Crippen LogP contribution in [0.4, 0.5) is 0 Å². The molecule has 19 heavy (non-hydrogen) atoms. The Morgan fingerprint density at radius 2 is 1.79 bits per heavy atom. The van der Waals surface area contributed by atoms with Crippen molar-refractivity contribution in [3.63, 3.8) is 0 Å². The number of amides is 1. The third-order valence-corrected chi connectivity index (χ3v) is 4.83. The standard InChI is InChI=1S/C15H29N3O/c1-12-11-18(10-7-14(12)16)13(2)15(19)17-8-5-3-4-6-9-17/h12-14H,3-11,16H2,1-2H3. The van der Waals surface area contributed by atoms with Crippen LogP contribution >= 0.6 is 0 Å². The van der Waals surface area contributed by atoms with Crippen LogP contribution in [0.2, 0.25) is 0 Å². The smallest absolute Gasteiger partial charge is 0.239 e. The van der Waals surface area contributed by atoms with Gasteiger partial charge in [-0.1, -0.05) is 19.8 Å². The van der Waals surface area contributed by atoms with Gasteiger partial charge in [0.05, 0.1) is 6.04 Å². The first kappa shape index (κ1) is 14.8. The predicted octanol–water partition coefficient (Wildman–Crippen LogP) is 1.45. The average molecular weight is 267 g/mol. The van der Waals surface area contributed by atoms with Crippen LogP contribution in [0.25, 0.3) is 0 Å². The highest BCUT2D eigenvalue weighted by molar-refractivity contribution is 5.81. The molecule has 2 fully saturated rings. The molecule has 0 aromatic rings. The summed E-state index contributed by atoms with van der Waals surface area (Å²) in [4.78, 5) is 17.0. The van der Waals surface area contributed by atoms with Gasteiger partial charge in [-0.05, 0) is 32.1 Å². The van der Waals surface area contributed by atoms with Gasteiger partial charge in [-0.2, -0.15) is 0 Å². The summed E-state index contributed by atoms with van der Waals surface area (Å²) in [7, 11) is 0. The fourth-order valence-electron chi connectivity index (χ4n) is 3.26. The molecule has 4 heteroatoms. The van der Waals surface area contributed by atoms with Crippen LogP contribution in [-0.2, 0) is 4.79 Å². The Morgan fingerprint density at radius 1 is 1.16 bits per heavy atom. The lowest BCUT2D eigenvalue weighted by Crippen LogP contribution is -2.54. The van der Waals surface area contributed by atoms with Gasteiger partial charge in [-0.25, -0.2) is 0 Å². The van der Waals surface area contributed by atoms with Crippen molar-refractivity contribution in [1.29, 1.82) is 0 Å². The van der Waals surface area contributed by atoms with Crippen molar-refractivity contribution >= 4 is 5.91 Å². The van der Waals surface area contributed by atoms with E-state index >= 15 is 0 Å². The average Bonchev–Trinajstić information content (AvgIpc) is 2.69. The van der Waals surface area contributed by atoms with Crippen molar-refractivity contribution in [1.82, 2.24) is 9.80 Å². The van der Waals surface area contributed by atoms with Gasteiger partial charge in [0.1, 0.15) is 0 Å². The van der Waals surface area contributed by atoms with Gasteiger partial charge in [0.25, 0.3) is 0 Å². The van der Waals surface area contributed by atoms with Crippen molar-refractivity contribution in [2.75, 3.05) is 26.2 Å². The van der Waals surface area contributed by atoms with E-state index in [1.54, 1.807) is 0 Å². The molecule has 2 saturated heterocycles. The SMILES string of the molecule is CC1CN(C(C)C(=O)N2CCCCCC2)CCC1N. The van der Waals surface area contributed by atoms with E-state index in [2.05, 4.69) is 23.6 Å². The Kier molecular flexibility index (Phi) is 5.22. The summed E-state index contributed by atoms with van der Waals surface area (Å²) in [6, 6.07) is 0.324. The van der Waals surface area contributed by atoms with Gasteiger partial charge in [0.15, 0.2) is 0 Å². The van der Waals surface area contributed by atoms with E-state index in [1.807, 2.05) is 0 Å². The minimum atomic E-state index is 0.0213. The van der Waals surface area contributed by atoms with Crippen LogP contribution in [0.15, 0.2) is 0 Å². The lowest BCUT2D eigenvalue weighted by atomic mass is 9.93. The Bertz CT molecular complexity index is 300. The van der Waals surface area contributed by atoms with Crippen LogP contribution in [0.5, 0.6) is 0 Å². The summed E-state index contributed by atoms with van der Waals surface area (Å²) in [6.45, 7) is 8.09. The number of hydrogen-bond donors (Lipinski definition) is 1. The van der Waals surface area contributed by atoms with Crippen molar-refractivity contribution in [3.05, 3.63) is 0 Å². The molecule has 3 atom stereocenters. The molecule has 2 aliphatic heterocycles. The van der Waals surface area contributed by atoms with Crippen molar-refractivity contribution in [3.8, 4) is 0 Å². The third-order valence-electron chi connectivity index (χ3n) is 4.83. The molecule has 0 radical (unpaired) electrons. The van der Waals surface area contributed by atoms with Crippen LogP contribution in [0.3, 0.4) is 0 Å². The van der Waals surface area contributed by atoms with E-state index in [1.165, 1.54) is 25.7 Å². The fourth-order valence-corrected chi connectivity index (χ4v) is 3.26. The summed E-state index contributed by atoms with van der Waals surface area (Å²) in [5.41, 5.74) is 6.06. The molecule has 0 aliphatic carbocycles. The molecule has 1 amide bonds. The molecule has 110 valence electrons. The largest absolute Gasteiger partial charge is 0.341 e. The molecule has 2 N–H and O–H groups in total. The molecule has 0 spiro atoms. The van der Waals surface area contributed by atoms with Gasteiger partial charge in [-0.3, -0.25) is 9.69 Å². The first-order valence-corrected chi connectivity index (χ1v) is 7.88. The van der Waals surface area contributed by atoms with E-state index < -0.39 is 0 Å². The van der Waals surface area contributed by atoms with Gasteiger partial charge in [0.2, 0.25) is 5.91 Å². The molecule has 0 bridgehead atoms. The van der Waals surface area contributed by atoms with E-state index in [0.717, 1.165) is 32.6 Å².